The number of ether oxygens (including phenoxy) is 2. The van der Waals surface area contributed by atoms with Crippen molar-refractivity contribution < 1.29 is 22.7 Å². The van der Waals surface area contributed by atoms with Gasteiger partial charge < -0.3 is 14.8 Å². The minimum Gasteiger partial charge on any atom is -0.492 e. The van der Waals surface area contributed by atoms with Crippen molar-refractivity contribution in [2.75, 3.05) is 30.3 Å². The summed E-state index contributed by atoms with van der Waals surface area (Å²) in [6.45, 7) is 7.23. The lowest BCUT2D eigenvalue weighted by molar-refractivity contribution is -0.121. The van der Waals surface area contributed by atoms with Gasteiger partial charge in [0.05, 0.1) is 18.5 Å². The molecule has 3 aromatic rings. The Balaban J connectivity index is 1.52. The van der Waals surface area contributed by atoms with Crippen molar-refractivity contribution in [3.63, 3.8) is 0 Å². The van der Waals surface area contributed by atoms with E-state index in [4.69, 9.17) is 21.1 Å². The second kappa shape index (κ2) is 13.0. The maximum Gasteiger partial charge on any atom is 0.232 e. The summed E-state index contributed by atoms with van der Waals surface area (Å²) in [4.78, 5) is 12.4. The van der Waals surface area contributed by atoms with Crippen molar-refractivity contribution in [2.24, 2.45) is 0 Å². The standard InChI is InChI=1S/C29H35ClN2O5S/c1-29(2,3)22-12-15-24(16-13-22)36-20-18-31-28(33)11-8-19-32(38(4,34)35)26-21-23(30)14-17-27(26)37-25-9-6-5-7-10-25/h5-7,9-10,12-17,21H,8,11,18-20H2,1-4H3,(H,31,33). The van der Waals surface area contributed by atoms with Crippen LogP contribution in [0.2, 0.25) is 5.02 Å². The number of halogens is 1. The predicted molar refractivity (Wildman–Crippen MR) is 153 cm³/mol. The Morgan fingerprint density at radius 1 is 0.974 bits per heavy atom. The topological polar surface area (TPSA) is 84.9 Å². The van der Waals surface area contributed by atoms with Gasteiger partial charge in [-0.2, -0.15) is 0 Å². The number of carbonyl (C=O) groups excluding carboxylic acids is 1. The first-order valence-corrected chi connectivity index (χ1v) is 14.7. The summed E-state index contributed by atoms with van der Waals surface area (Å²) >= 11 is 6.19. The van der Waals surface area contributed by atoms with Crippen molar-refractivity contribution in [1.82, 2.24) is 5.32 Å². The van der Waals surface area contributed by atoms with Crippen LogP contribution in [0.5, 0.6) is 17.2 Å². The van der Waals surface area contributed by atoms with Gasteiger partial charge in [-0.3, -0.25) is 9.10 Å². The minimum absolute atomic E-state index is 0.0719. The summed E-state index contributed by atoms with van der Waals surface area (Å²) in [5.41, 5.74) is 1.61. The zero-order valence-electron chi connectivity index (χ0n) is 22.2. The van der Waals surface area contributed by atoms with Crippen molar-refractivity contribution in [1.29, 1.82) is 0 Å². The summed E-state index contributed by atoms with van der Waals surface area (Å²) in [7, 11) is -3.67. The maximum absolute atomic E-state index is 12.7. The number of amides is 1. The highest BCUT2D eigenvalue weighted by molar-refractivity contribution is 7.92. The lowest BCUT2D eigenvalue weighted by Gasteiger charge is -2.25. The van der Waals surface area contributed by atoms with Gasteiger partial charge in [-0.1, -0.05) is 62.7 Å². The lowest BCUT2D eigenvalue weighted by Crippen LogP contribution is -2.33. The molecule has 0 heterocycles. The van der Waals surface area contributed by atoms with Gasteiger partial charge in [0, 0.05) is 18.0 Å². The van der Waals surface area contributed by atoms with Crippen LogP contribution >= 0.6 is 11.6 Å². The Morgan fingerprint density at radius 3 is 2.29 bits per heavy atom. The van der Waals surface area contributed by atoms with Gasteiger partial charge >= 0.3 is 0 Å². The van der Waals surface area contributed by atoms with E-state index < -0.39 is 10.0 Å². The third-order valence-corrected chi connectivity index (χ3v) is 7.15. The first-order chi connectivity index (χ1) is 17.9. The van der Waals surface area contributed by atoms with Gasteiger partial charge in [0.25, 0.3) is 0 Å². The fraction of sp³-hybridized carbons (Fsp3) is 0.345. The number of rotatable bonds is 12. The molecule has 0 saturated heterocycles. The Labute approximate surface area is 230 Å². The molecule has 0 unspecified atom stereocenters. The third-order valence-electron chi connectivity index (χ3n) is 5.74. The summed E-state index contributed by atoms with van der Waals surface area (Å²) in [5, 5.41) is 3.19. The largest absolute Gasteiger partial charge is 0.492 e. The van der Waals surface area contributed by atoms with E-state index in [0.717, 1.165) is 12.0 Å². The number of para-hydroxylation sites is 1. The number of nitrogens with one attached hydrogen (secondary N) is 1. The van der Waals surface area contributed by atoms with E-state index >= 15 is 0 Å². The van der Waals surface area contributed by atoms with Crippen molar-refractivity contribution in [3.05, 3.63) is 83.4 Å². The molecule has 0 atom stereocenters. The molecule has 3 aromatic carbocycles. The van der Waals surface area contributed by atoms with Crippen LogP contribution in [0.25, 0.3) is 0 Å². The number of carbonyl (C=O) groups is 1. The molecule has 1 N–H and O–H groups in total. The van der Waals surface area contributed by atoms with Gasteiger partial charge in [0.1, 0.15) is 18.1 Å². The molecule has 0 aromatic heterocycles. The normalized spacial score (nSPS) is 11.6. The average molecular weight is 559 g/mol. The Bertz CT molecular complexity index is 1310. The predicted octanol–water partition coefficient (Wildman–Crippen LogP) is 6.17. The molecule has 204 valence electrons. The zero-order valence-corrected chi connectivity index (χ0v) is 23.8. The first kappa shape index (κ1) is 29.3. The van der Waals surface area contributed by atoms with Crippen LogP contribution in [0.1, 0.15) is 39.2 Å². The minimum atomic E-state index is -3.67. The SMILES string of the molecule is CC(C)(C)c1ccc(OCCNC(=O)CCCN(c2cc(Cl)ccc2Oc2ccccc2)S(C)(=O)=O)cc1. The highest BCUT2D eigenvalue weighted by atomic mass is 35.5. The molecule has 9 heteroatoms. The number of anilines is 1. The Hall–Kier alpha value is -3.23. The summed E-state index contributed by atoms with van der Waals surface area (Å²) < 4.78 is 38.2. The molecule has 0 bridgehead atoms. The molecule has 1 amide bonds. The van der Waals surface area contributed by atoms with Crippen LogP contribution in [-0.4, -0.2) is 40.3 Å². The molecule has 0 fully saturated rings. The van der Waals surface area contributed by atoms with Gasteiger partial charge in [-0.25, -0.2) is 8.42 Å². The number of sulfonamides is 1. The van der Waals surface area contributed by atoms with Crippen LogP contribution in [0.15, 0.2) is 72.8 Å². The molecular weight excluding hydrogens is 524 g/mol. The maximum atomic E-state index is 12.7. The van der Waals surface area contributed by atoms with Crippen LogP contribution in [0, 0.1) is 0 Å². The molecule has 38 heavy (non-hydrogen) atoms. The lowest BCUT2D eigenvalue weighted by atomic mass is 9.87. The monoisotopic (exact) mass is 558 g/mol. The molecule has 7 nitrogen and oxygen atoms in total. The van der Waals surface area contributed by atoms with Crippen LogP contribution in [-0.2, 0) is 20.2 Å². The quantitative estimate of drug-likeness (QED) is 0.269. The van der Waals surface area contributed by atoms with E-state index in [-0.39, 0.29) is 24.3 Å². The zero-order chi connectivity index (χ0) is 27.8. The summed E-state index contributed by atoms with van der Waals surface area (Å²) in [6, 6.07) is 21.8. The second-order valence-electron chi connectivity index (χ2n) is 9.94. The van der Waals surface area contributed by atoms with E-state index in [9.17, 15) is 13.2 Å². The summed E-state index contributed by atoms with van der Waals surface area (Å²) in [5.74, 6) is 1.47. The van der Waals surface area contributed by atoms with Gasteiger partial charge in [-0.15, -0.1) is 0 Å². The Kier molecular flexibility index (Phi) is 10.1. The highest BCUT2D eigenvalue weighted by Gasteiger charge is 2.22. The molecule has 0 spiro atoms. The number of hydrogen-bond donors (Lipinski definition) is 1. The molecular formula is C29H35ClN2O5S. The van der Waals surface area contributed by atoms with E-state index in [1.807, 2.05) is 42.5 Å². The smallest absolute Gasteiger partial charge is 0.232 e. The van der Waals surface area contributed by atoms with E-state index in [1.54, 1.807) is 30.3 Å². The number of hydrogen-bond acceptors (Lipinski definition) is 5. The van der Waals surface area contributed by atoms with Crippen molar-refractivity contribution in [2.45, 2.75) is 39.0 Å². The first-order valence-electron chi connectivity index (χ1n) is 12.4. The molecule has 0 aliphatic heterocycles. The fourth-order valence-electron chi connectivity index (χ4n) is 3.73. The molecule has 0 radical (unpaired) electrons. The van der Waals surface area contributed by atoms with Crippen LogP contribution < -0.4 is 19.1 Å². The van der Waals surface area contributed by atoms with E-state index in [1.165, 1.54) is 9.87 Å². The van der Waals surface area contributed by atoms with Gasteiger partial charge in [0.15, 0.2) is 5.75 Å². The molecule has 0 saturated carbocycles. The molecule has 0 aliphatic carbocycles. The van der Waals surface area contributed by atoms with Crippen LogP contribution in [0.4, 0.5) is 5.69 Å². The number of nitrogens with zero attached hydrogens (tertiary/aromatic N) is 1. The summed E-state index contributed by atoms with van der Waals surface area (Å²) in [6.07, 6.45) is 1.58. The van der Waals surface area contributed by atoms with E-state index in [2.05, 4.69) is 26.1 Å². The number of benzene rings is 3. The fourth-order valence-corrected chi connectivity index (χ4v) is 4.86. The average Bonchev–Trinajstić information content (AvgIpc) is 2.85. The van der Waals surface area contributed by atoms with Crippen molar-refractivity contribution in [3.8, 4) is 17.2 Å². The Morgan fingerprint density at radius 2 is 1.66 bits per heavy atom. The van der Waals surface area contributed by atoms with Gasteiger partial charge in [-0.05, 0) is 59.9 Å². The third kappa shape index (κ3) is 8.96. The van der Waals surface area contributed by atoms with Gasteiger partial charge in [0.2, 0.25) is 15.9 Å². The highest BCUT2D eigenvalue weighted by Crippen LogP contribution is 2.36. The van der Waals surface area contributed by atoms with Crippen molar-refractivity contribution >= 4 is 33.2 Å². The van der Waals surface area contributed by atoms with Crippen LogP contribution in [0.3, 0.4) is 0 Å². The molecule has 0 aliphatic rings. The molecule has 3 rings (SSSR count). The second-order valence-corrected chi connectivity index (χ2v) is 12.3. The van der Waals surface area contributed by atoms with E-state index in [0.29, 0.717) is 41.8 Å².